The number of carbonyl (C=O) groups excluding carboxylic acids is 1. The monoisotopic (exact) mass is 443 g/mol. The van der Waals surface area contributed by atoms with Crippen LogP contribution in [0.4, 0.5) is 5.69 Å². The van der Waals surface area contributed by atoms with Crippen molar-refractivity contribution in [3.05, 3.63) is 108 Å². The maximum atomic E-state index is 12.9. The zero-order valence-electron chi connectivity index (χ0n) is 17.3. The number of benzene rings is 3. The van der Waals surface area contributed by atoms with Gasteiger partial charge in [-0.05, 0) is 23.8 Å². The number of hydrogen-bond donors (Lipinski definition) is 3. The summed E-state index contributed by atoms with van der Waals surface area (Å²) in [5.41, 5.74) is 4.24. The lowest BCUT2D eigenvalue weighted by Gasteiger charge is -2.15. The Morgan fingerprint density at radius 3 is 2.50 bits per heavy atom. The molecule has 7 heteroatoms. The highest BCUT2D eigenvalue weighted by Crippen LogP contribution is 2.27. The van der Waals surface area contributed by atoms with Gasteiger partial charge >= 0.3 is 0 Å². The Hall–Kier alpha value is -3.90. The first-order valence-corrected chi connectivity index (χ1v) is 10.6. The number of carbonyl (C=O) groups is 1. The molecule has 160 valence electrons. The molecular formula is C25H22ClN5O. The average molecular weight is 444 g/mol. The van der Waals surface area contributed by atoms with Crippen molar-refractivity contribution in [1.29, 1.82) is 0 Å². The van der Waals surface area contributed by atoms with E-state index >= 15 is 0 Å². The van der Waals surface area contributed by atoms with Crippen molar-refractivity contribution in [1.82, 2.24) is 15.3 Å². The molecule has 0 spiro atoms. The molecule has 0 fully saturated rings. The van der Waals surface area contributed by atoms with E-state index in [-0.39, 0.29) is 5.91 Å². The van der Waals surface area contributed by atoms with Crippen LogP contribution in [0.3, 0.4) is 0 Å². The summed E-state index contributed by atoms with van der Waals surface area (Å²) in [6.45, 7) is 0.459. The SMILES string of the molecule is O=C(NC(=NCCc1cnc[nH]1)Nc1ccccc1-c1ccccc1)c1ccccc1Cl. The van der Waals surface area contributed by atoms with E-state index in [1.165, 1.54) is 0 Å². The van der Waals surface area contributed by atoms with Gasteiger partial charge in [0.05, 0.1) is 16.9 Å². The minimum atomic E-state index is -0.333. The van der Waals surface area contributed by atoms with Crippen LogP contribution in [0.15, 0.2) is 96.4 Å². The number of imidazole rings is 1. The molecular weight excluding hydrogens is 422 g/mol. The molecule has 0 saturated carbocycles. The Morgan fingerprint density at radius 1 is 0.969 bits per heavy atom. The van der Waals surface area contributed by atoms with Crippen LogP contribution < -0.4 is 10.6 Å². The van der Waals surface area contributed by atoms with Crippen molar-refractivity contribution >= 4 is 29.2 Å². The van der Waals surface area contributed by atoms with Crippen molar-refractivity contribution in [2.24, 2.45) is 4.99 Å². The highest BCUT2D eigenvalue weighted by atomic mass is 35.5. The molecule has 0 saturated heterocycles. The molecule has 1 amide bonds. The van der Waals surface area contributed by atoms with Crippen LogP contribution in [0.25, 0.3) is 11.1 Å². The first kappa shape index (κ1) is 21.3. The van der Waals surface area contributed by atoms with Crippen molar-refractivity contribution in [3.8, 4) is 11.1 Å². The standard InChI is InChI=1S/C25H22ClN5O/c26-22-12-6-4-11-21(22)24(32)31-25(28-15-14-19-16-27-17-29-19)30-23-13-7-5-10-20(23)18-8-2-1-3-9-18/h1-13,16-17H,14-15H2,(H,27,29)(H2,28,30,31,32). The highest BCUT2D eigenvalue weighted by molar-refractivity contribution is 6.34. The van der Waals surface area contributed by atoms with Gasteiger partial charge in [-0.2, -0.15) is 0 Å². The molecule has 0 aliphatic carbocycles. The third-order valence-corrected chi connectivity index (χ3v) is 5.15. The molecule has 0 radical (unpaired) electrons. The van der Waals surface area contributed by atoms with Crippen LogP contribution >= 0.6 is 11.6 Å². The van der Waals surface area contributed by atoms with E-state index in [2.05, 4.69) is 25.6 Å². The van der Waals surface area contributed by atoms with Crippen molar-refractivity contribution in [2.75, 3.05) is 11.9 Å². The average Bonchev–Trinajstić information content (AvgIpc) is 3.34. The van der Waals surface area contributed by atoms with E-state index in [9.17, 15) is 4.79 Å². The number of para-hydroxylation sites is 1. The van der Waals surface area contributed by atoms with Gasteiger partial charge in [-0.15, -0.1) is 0 Å². The molecule has 0 aliphatic rings. The predicted octanol–water partition coefficient (Wildman–Crippen LogP) is 5.17. The number of nitrogens with zero attached hydrogens (tertiary/aromatic N) is 2. The molecule has 3 N–H and O–H groups in total. The normalized spacial score (nSPS) is 11.2. The molecule has 1 heterocycles. The molecule has 1 aromatic heterocycles. The van der Waals surface area contributed by atoms with E-state index in [1.807, 2.05) is 54.6 Å². The van der Waals surface area contributed by atoms with Crippen LogP contribution in [-0.2, 0) is 6.42 Å². The summed E-state index contributed by atoms with van der Waals surface area (Å²) < 4.78 is 0. The lowest BCUT2D eigenvalue weighted by Crippen LogP contribution is -2.36. The molecule has 4 rings (SSSR count). The van der Waals surface area contributed by atoms with Gasteiger partial charge in [-0.25, -0.2) is 4.98 Å². The molecule has 3 aromatic carbocycles. The number of hydrogen-bond acceptors (Lipinski definition) is 3. The van der Waals surface area contributed by atoms with Crippen molar-refractivity contribution in [2.45, 2.75) is 6.42 Å². The number of aliphatic imine (C=N–C) groups is 1. The first-order valence-electron chi connectivity index (χ1n) is 10.2. The summed E-state index contributed by atoms with van der Waals surface area (Å²) in [6, 6.07) is 24.8. The van der Waals surface area contributed by atoms with Gasteiger partial charge in [-0.1, -0.05) is 72.3 Å². The third kappa shape index (κ3) is 5.42. The number of amides is 1. The summed E-state index contributed by atoms with van der Waals surface area (Å²) >= 11 is 6.21. The van der Waals surface area contributed by atoms with Crippen molar-refractivity contribution in [3.63, 3.8) is 0 Å². The van der Waals surface area contributed by atoms with Crippen LogP contribution in [0.1, 0.15) is 16.1 Å². The Labute approximate surface area is 191 Å². The summed E-state index contributed by atoms with van der Waals surface area (Å²) in [5, 5.41) is 6.55. The summed E-state index contributed by atoms with van der Waals surface area (Å²) in [5.74, 6) is 0.0124. The van der Waals surface area contributed by atoms with E-state index in [0.717, 1.165) is 22.5 Å². The fourth-order valence-corrected chi connectivity index (χ4v) is 3.45. The van der Waals surface area contributed by atoms with Gasteiger partial charge in [0.15, 0.2) is 0 Å². The van der Waals surface area contributed by atoms with Crippen LogP contribution in [-0.4, -0.2) is 28.4 Å². The number of halogens is 1. The number of aromatic nitrogens is 2. The topological polar surface area (TPSA) is 82.2 Å². The van der Waals surface area contributed by atoms with Gasteiger partial charge in [0.2, 0.25) is 5.96 Å². The van der Waals surface area contributed by atoms with E-state index < -0.39 is 0 Å². The van der Waals surface area contributed by atoms with E-state index in [0.29, 0.717) is 29.5 Å². The second-order valence-corrected chi connectivity index (χ2v) is 7.43. The summed E-state index contributed by atoms with van der Waals surface area (Å²) in [7, 11) is 0. The lowest BCUT2D eigenvalue weighted by molar-refractivity contribution is 0.0977. The summed E-state index contributed by atoms with van der Waals surface area (Å²) in [6.07, 6.45) is 4.05. The summed E-state index contributed by atoms with van der Waals surface area (Å²) in [4.78, 5) is 24.6. The molecule has 32 heavy (non-hydrogen) atoms. The third-order valence-electron chi connectivity index (χ3n) is 4.82. The number of guanidine groups is 1. The molecule has 4 aromatic rings. The quantitative estimate of drug-likeness (QED) is 0.284. The van der Waals surface area contributed by atoms with Gasteiger partial charge in [0.25, 0.3) is 5.91 Å². The zero-order valence-corrected chi connectivity index (χ0v) is 18.0. The minimum absolute atomic E-state index is 0.333. The minimum Gasteiger partial charge on any atom is -0.348 e. The molecule has 0 atom stereocenters. The Kier molecular flexibility index (Phi) is 6.94. The number of aromatic amines is 1. The smallest absolute Gasteiger partial charge is 0.259 e. The maximum Gasteiger partial charge on any atom is 0.259 e. The first-order chi connectivity index (χ1) is 15.7. The van der Waals surface area contributed by atoms with Gasteiger partial charge in [0.1, 0.15) is 0 Å². The highest BCUT2D eigenvalue weighted by Gasteiger charge is 2.14. The Morgan fingerprint density at radius 2 is 1.72 bits per heavy atom. The Bertz CT molecular complexity index is 1210. The molecule has 0 unspecified atom stereocenters. The number of nitrogens with one attached hydrogen (secondary N) is 3. The van der Waals surface area contributed by atoms with E-state index in [4.69, 9.17) is 11.6 Å². The largest absolute Gasteiger partial charge is 0.348 e. The fourth-order valence-electron chi connectivity index (χ4n) is 3.23. The fraction of sp³-hybridized carbons (Fsp3) is 0.0800. The van der Waals surface area contributed by atoms with Crippen molar-refractivity contribution < 1.29 is 4.79 Å². The second kappa shape index (κ2) is 10.4. The Balaban J connectivity index is 1.59. The number of rotatable bonds is 6. The molecule has 0 aliphatic heterocycles. The number of anilines is 1. The maximum absolute atomic E-state index is 12.9. The van der Waals surface area contributed by atoms with Crippen LogP contribution in [0.5, 0.6) is 0 Å². The van der Waals surface area contributed by atoms with Crippen LogP contribution in [0, 0.1) is 0 Å². The molecule has 0 bridgehead atoms. The molecule has 6 nitrogen and oxygen atoms in total. The number of H-pyrrole nitrogens is 1. The van der Waals surface area contributed by atoms with Gasteiger partial charge in [-0.3, -0.25) is 15.1 Å². The van der Waals surface area contributed by atoms with Crippen LogP contribution in [0.2, 0.25) is 5.02 Å². The lowest BCUT2D eigenvalue weighted by atomic mass is 10.0. The zero-order chi connectivity index (χ0) is 22.2. The van der Waals surface area contributed by atoms with Gasteiger partial charge < -0.3 is 10.3 Å². The second-order valence-electron chi connectivity index (χ2n) is 7.03. The van der Waals surface area contributed by atoms with E-state index in [1.54, 1.807) is 36.8 Å². The van der Waals surface area contributed by atoms with Gasteiger partial charge in [0, 0.05) is 36.1 Å². The predicted molar refractivity (Wildman–Crippen MR) is 129 cm³/mol.